The topological polar surface area (TPSA) is 62.6 Å². The SMILES string of the molecule is O=C(NCc1ccco1)[C@@H]1CCCN1C(=O)Cc1ccc(F)cc1. The Balaban J connectivity index is 1.58. The fraction of sp³-hybridized carbons (Fsp3) is 0.333. The number of halogens is 1. The van der Waals surface area contributed by atoms with Crippen LogP contribution in [0.25, 0.3) is 0 Å². The highest BCUT2D eigenvalue weighted by Gasteiger charge is 2.33. The van der Waals surface area contributed by atoms with Gasteiger partial charge in [-0.1, -0.05) is 12.1 Å². The lowest BCUT2D eigenvalue weighted by Gasteiger charge is -2.24. The first kappa shape index (κ1) is 16.2. The Hall–Kier alpha value is -2.63. The Morgan fingerprint density at radius 3 is 2.75 bits per heavy atom. The van der Waals surface area contributed by atoms with Crippen LogP contribution >= 0.6 is 0 Å². The summed E-state index contributed by atoms with van der Waals surface area (Å²) >= 11 is 0. The van der Waals surface area contributed by atoms with Crippen molar-refractivity contribution in [1.82, 2.24) is 10.2 Å². The standard InChI is InChI=1S/C18H19FN2O3/c19-14-7-5-13(6-8-14)11-17(22)21-9-1-4-16(21)18(23)20-12-15-3-2-10-24-15/h2-3,5-8,10,16H,1,4,9,11-12H2,(H,20,23)/t16-/m0/s1. The molecule has 0 bridgehead atoms. The van der Waals surface area contributed by atoms with Crippen molar-refractivity contribution in [3.05, 3.63) is 59.8 Å². The summed E-state index contributed by atoms with van der Waals surface area (Å²) < 4.78 is 18.1. The van der Waals surface area contributed by atoms with Crippen LogP contribution in [-0.4, -0.2) is 29.3 Å². The molecule has 0 unspecified atom stereocenters. The van der Waals surface area contributed by atoms with E-state index in [1.54, 1.807) is 35.4 Å². The van der Waals surface area contributed by atoms with E-state index >= 15 is 0 Å². The van der Waals surface area contributed by atoms with Crippen LogP contribution in [0.3, 0.4) is 0 Å². The zero-order valence-corrected chi connectivity index (χ0v) is 13.2. The molecule has 2 amide bonds. The minimum absolute atomic E-state index is 0.114. The van der Waals surface area contributed by atoms with Gasteiger partial charge in [0, 0.05) is 6.54 Å². The molecule has 1 aliphatic heterocycles. The molecule has 1 saturated heterocycles. The number of rotatable bonds is 5. The largest absolute Gasteiger partial charge is 0.467 e. The smallest absolute Gasteiger partial charge is 0.243 e. The third-order valence-electron chi connectivity index (χ3n) is 4.16. The number of carbonyl (C=O) groups excluding carboxylic acids is 2. The summed E-state index contributed by atoms with van der Waals surface area (Å²) in [6.07, 6.45) is 3.17. The Morgan fingerprint density at radius 1 is 1.25 bits per heavy atom. The van der Waals surface area contributed by atoms with Gasteiger partial charge in [0.1, 0.15) is 17.6 Å². The van der Waals surface area contributed by atoms with E-state index in [4.69, 9.17) is 4.42 Å². The first-order valence-electron chi connectivity index (χ1n) is 7.97. The lowest BCUT2D eigenvalue weighted by Crippen LogP contribution is -2.46. The van der Waals surface area contributed by atoms with E-state index in [0.29, 0.717) is 25.3 Å². The van der Waals surface area contributed by atoms with Crippen molar-refractivity contribution >= 4 is 11.8 Å². The normalized spacial score (nSPS) is 17.0. The highest BCUT2D eigenvalue weighted by molar-refractivity contribution is 5.89. The number of carbonyl (C=O) groups is 2. The van der Waals surface area contributed by atoms with Crippen LogP contribution in [0.4, 0.5) is 4.39 Å². The highest BCUT2D eigenvalue weighted by Crippen LogP contribution is 2.19. The number of furan rings is 1. The molecular weight excluding hydrogens is 311 g/mol. The van der Waals surface area contributed by atoms with E-state index in [-0.39, 0.29) is 24.1 Å². The summed E-state index contributed by atoms with van der Waals surface area (Å²) in [7, 11) is 0. The molecule has 3 rings (SSSR count). The summed E-state index contributed by atoms with van der Waals surface area (Å²) in [6.45, 7) is 0.876. The van der Waals surface area contributed by atoms with Gasteiger partial charge < -0.3 is 14.6 Å². The van der Waals surface area contributed by atoms with Crippen molar-refractivity contribution in [3.8, 4) is 0 Å². The number of likely N-dealkylation sites (tertiary alicyclic amines) is 1. The molecule has 5 nitrogen and oxygen atoms in total. The van der Waals surface area contributed by atoms with Crippen LogP contribution in [-0.2, 0) is 22.6 Å². The summed E-state index contributed by atoms with van der Waals surface area (Å²) in [5.74, 6) is 0.0571. The second-order valence-electron chi connectivity index (χ2n) is 5.85. The molecule has 1 aromatic carbocycles. The van der Waals surface area contributed by atoms with Gasteiger partial charge in [0.25, 0.3) is 0 Å². The molecule has 0 spiro atoms. The monoisotopic (exact) mass is 330 g/mol. The van der Waals surface area contributed by atoms with Gasteiger partial charge in [-0.05, 0) is 42.7 Å². The maximum absolute atomic E-state index is 12.9. The molecule has 0 saturated carbocycles. The molecule has 1 aromatic heterocycles. The maximum Gasteiger partial charge on any atom is 0.243 e. The molecular formula is C18H19FN2O3. The van der Waals surface area contributed by atoms with Crippen molar-refractivity contribution < 1.29 is 18.4 Å². The van der Waals surface area contributed by atoms with Crippen molar-refractivity contribution in [3.63, 3.8) is 0 Å². The van der Waals surface area contributed by atoms with Gasteiger partial charge in [-0.2, -0.15) is 0 Å². The zero-order valence-electron chi connectivity index (χ0n) is 13.2. The Bertz CT molecular complexity index is 698. The predicted octanol–water partition coefficient (Wildman–Crippen LogP) is 2.27. The maximum atomic E-state index is 12.9. The fourth-order valence-electron chi connectivity index (χ4n) is 2.92. The van der Waals surface area contributed by atoms with E-state index in [9.17, 15) is 14.0 Å². The Morgan fingerprint density at radius 2 is 2.04 bits per heavy atom. The number of amides is 2. The molecule has 2 heterocycles. The number of hydrogen-bond acceptors (Lipinski definition) is 3. The lowest BCUT2D eigenvalue weighted by atomic mass is 10.1. The van der Waals surface area contributed by atoms with Crippen molar-refractivity contribution in [1.29, 1.82) is 0 Å². The number of benzene rings is 1. The highest BCUT2D eigenvalue weighted by atomic mass is 19.1. The third-order valence-corrected chi connectivity index (χ3v) is 4.16. The van der Waals surface area contributed by atoms with E-state index in [1.807, 2.05) is 0 Å². The van der Waals surface area contributed by atoms with Crippen LogP contribution in [0.1, 0.15) is 24.2 Å². The average Bonchev–Trinajstić information content (AvgIpc) is 3.26. The molecule has 1 N–H and O–H groups in total. The molecule has 24 heavy (non-hydrogen) atoms. The fourth-order valence-corrected chi connectivity index (χ4v) is 2.92. The van der Waals surface area contributed by atoms with Crippen LogP contribution in [0.2, 0.25) is 0 Å². The Labute approximate surface area is 139 Å². The molecule has 0 radical (unpaired) electrons. The van der Waals surface area contributed by atoms with Gasteiger partial charge in [-0.3, -0.25) is 9.59 Å². The van der Waals surface area contributed by atoms with E-state index in [2.05, 4.69) is 5.32 Å². The zero-order chi connectivity index (χ0) is 16.9. The second-order valence-corrected chi connectivity index (χ2v) is 5.85. The number of hydrogen-bond donors (Lipinski definition) is 1. The summed E-state index contributed by atoms with van der Waals surface area (Å²) in [5.41, 5.74) is 0.739. The van der Waals surface area contributed by atoms with Gasteiger partial charge in [0.2, 0.25) is 11.8 Å². The first-order chi connectivity index (χ1) is 11.6. The average molecular weight is 330 g/mol. The van der Waals surface area contributed by atoms with Gasteiger partial charge in [0.05, 0.1) is 19.2 Å². The molecule has 1 atom stereocenters. The minimum atomic E-state index is -0.451. The summed E-state index contributed by atoms with van der Waals surface area (Å²) in [5, 5.41) is 2.81. The van der Waals surface area contributed by atoms with Crippen LogP contribution in [0.15, 0.2) is 47.1 Å². The van der Waals surface area contributed by atoms with Gasteiger partial charge in [-0.15, -0.1) is 0 Å². The second kappa shape index (κ2) is 7.29. The first-order valence-corrected chi connectivity index (χ1v) is 7.97. The van der Waals surface area contributed by atoms with Gasteiger partial charge >= 0.3 is 0 Å². The van der Waals surface area contributed by atoms with Gasteiger partial charge in [0.15, 0.2) is 0 Å². The van der Waals surface area contributed by atoms with Crippen LogP contribution in [0.5, 0.6) is 0 Å². The van der Waals surface area contributed by atoms with Crippen LogP contribution in [0, 0.1) is 5.82 Å². The third kappa shape index (κ3) is 3.82. The van der Waals surface area contributed by atoms with Crippen molar-refractivity contribution in [2.45, 2.75) is 31.8 Å². The molecule has 6 heteroatoms. The molecule has 1 aliphatic rings. The molecule has 126 valence electrons. The quantitative estimate of drug-likeness (QED) is 0.915. The van der Waals surface area contributed by atoms with E-state index < -0.39 is 6.04 Å². The summed E-state index contributed by atoms with van der Waals surface area (Å²) in [6, 6.07) is 8.94. The van der Waals surface area contributed by atoms with Crippen molar-refractivity contribution in [2.24, 2.45) is 0 Å². The van der Waals surface area contributed by atoms with Crippen LogP contribution < -0.4 is 5.32 Å². The number of nitrogens with one attached hydrogen (secondary N) is 1. The van der Waals surface area contributed by atoms with Gasteiger partial charge in [-0.25, -0.2) is 4.39 Å². The predicted molar refractivity (Wildman–Crippen MR) is 85.4 cm³/mol. The Kier molecular flexibility index (Phi) is 4.93. The van der Waals surface area contributed by atoms with E-state index in [1.165, 1.54) is 12.1 Å². The lowest BCUT2D eigenvalue weighted by molar-refractivity contribution is -0.138. The number of nitrogens with zero attached hydrogens (tertiary/aromatic N) is 1. The molecule has 2 aromatic rings. The van der Waals surface area contributed by atoms with E-state index in [0.717, 1.165) is 12.0 Å². The molecule has 0 aliphatic carbocycles. The minimum Gasteiger partial charge on any atom is -0.467 e. The summed E-state index contributed by atoms with van der Waals surface area (Å²) in [4.78, 5) is 26.4. The van der Waals surface area contributed by atoms with Crippen molar-refractivity contribution in [2.75, 3.05) is 6.54 Å². The molecule has 1 fully saturated rings.